The second-order valence-corrected chi connectivity index (χ2v) is 5.45. The third-order valence-electron chi connectivity index (χ3n) is 2.91. The van der Waals surface area contributed by atoms with Gasteiger partial charge in [-0.3, -0.25) is 0 Å². The molecule has 0 fully saturated rings. The van der Waals surface area contributed by atoms with E-state index >= 15 is 0 Å². The summed E-state index contributed by atoms with van der Waals surface area (Å²) in [6, 6.07) is 12.8. The fourth-order valence-electron chi connectivity index (χ4n) is 2.01. The van der Waals surface area contributed by atoms with Crippen molar-refractivity contribution in [1.82, 2.24) is 5.32 Å². The maximum atomic E-state index is 5.88. The minimum Gasteiger partial charge on any atom is -0.464 e. The molecule has 1 heterocycles. The van der Waals surface area contributed by atoms with Crippen LogP contribution in [0.2, 0.25) is 0 Å². The number of rotatable bonds is 5. The number of nitrogens with one attached hydrogen (secondary N) is 1. The first kappa shape index (κ1) is 13.6. The third-order valence-corrected chi connectivity index (χ3v) is 3.58. The zero-order valence-electron chi connectivity index (χ0n) is 10.7. The smallest absolute Gasteiger partial charge is 0.125 e. The van der Waals surface area contributed by atoms with Crippen molar-refractivity contribution in [3.63, 3.8) is 0 Å². The van der Waals surface area contributed by atoms with Crippen molar-refractivity contribution in [2.45, 2.75) is 26.3 Å². The van der Waals surface area contributed by atoms with Gasteiger partial charge in [-0.2, -0.15) is 0 Å². The predicted molar refractivity (Wildman–Crippen MR) is 82.8 cm³/mol. The first-order chi connectivity index (χ1) is 8.74. The van der Waals surface area contributed by atoms with Gasteiger partial charge in [0, 0.05) is 9.99 Å². The second kappa shape index (κ2) is 6.38. The topological polar surface area (TPSA) is 25.2 Å². The van der Waals surface area contributed by atoms with Crippen LogP contribution in [0.25, 0.3) is 0 Å². The molecule has 18 heavy (non-hydrogen) atoms. The van der Waals surface area contributed by atoms with E-state index < -0.39 is 0 Å². The van der Waals surface area contributed by atoms with E-state index in [1.807, 2.05) is 0 Å². The Morgan fingerprint density at radius 1 is 1.22 bits per heavy atom. The van der Waals surface area contributed by atoms with Crippen molar-refractivity contribution >= 4 is 22.6 Å². The molecule has 0 radical (unpaired) electrons. The second-order valence-electron chi connectivity index (χ2n) is 4.20. The zero-order valence-corrected chi connectivity index (χ0v) is 12.9. The van der Waals surface area contributed by atoms with Crippen LogP contribution in [0.5, 0.6) is 0 Å². The summed E-state index contributed by atoms with van der Waals surface area (Å²) >= 11 is 2.34. The highest BCUT2D eigenvalue weighted by atomic mass is 127. The molecule has 1 aromatic carbocycles. The quantitative estimate of drug-likeness (QED) is 0.816. The van der Waals surface area contributed by atoms with Crippen LogP contribution in [0.15, 0.2) is 40.8 Å². The monoisotopic (exact) mass is 355 g/mol. The molecule has 1 unspecified atom stereocenters. The Morgan fingerprint density at radius 3 is 2.67 bits per heavy atom. The van der Waals surface area contributed by atoms with Crippen molar-refractivity contribution in [1.29, 1.82) is 0 Å². The highest BCUT2D eigenvalue weighted by molar-refractivity contribution is 14.1. The zero-order chi connectivity index (χ0) is 13.0. The standard InChI is InChI=1S/C15H18INO/c1-3-13-8-9-14(18-13)15(17-4-2)11-6-5-7-12(16)10-11/h5-10,15,17H,3-4H2,1-2H3. The highest BCUT2D eigenvalue weighted by Crippen LogP contribution is 2.25. The largest absolute Gasteiger partial charge is 0.464 e. The summed E-state index contributed by atoms with van der Waals surface area (Å²) in [6.45, 7) is 5.14. The summed E-state index contributed by atoms with van der Waals surface area (Å²) in [4.78, 5) is 0. The molecule has 1 atom stereocenters. The van der Waals surface area contributed by atoms with Gasteiger partial charge in [0.2, 0.25) is 0 Å². The molecule has 2 nitrogen and oxygen atoms in total. The Hall–Kier alpha value is -0.810. The van der Waals surface area contributed by atoms with Crippen LogP contribution in [-0.2, 0) is 6.42 Å². The molecule has 2 aromatic rings. The molecular formula is C15H18INO. The van der Waals surface area contributed by atoms with Gasteiger partial charge in [0.05, 0.1) is 6.04 Å². The van der Waals surface area contributed by atoms with E-state index in [0.29, 0.717) is 0 Å². The summed E-state index contributed by atoms with van der Waals surface area (Å²) in [5.74, 6) is 2.04. The molecule has 0 aliphatic rings. The molecule has 0 spiro atoms. The third kappa shape index (κ3) is 3.14. The number of benzene rings is 1. The Morgan fingerprint density at radius 2 is 2.06 bits per heavy atom. The van der Waals surface area contributed by atoms with Gasteiger partial charge >= 0.3 is 0 Å². The fourth-order valence-corrected chi connectivity index (χ4v) is 2.58. The number of hydrogen-bond donors (Lipinski definition) is 1. The Bertz CT molecular complexity index is 507. The number of furan rings is 1. The fraction of sp³-hybridized carbons (Fsp3) is 0.333. The Balaban J connectivity index is 2.33. The number of halogens is 1. The minimum absolute atomic E-state index is 0.144. The maximum Gasteiger partial charge on any atom is 0.125 e. The normalized spacial score (nSPS) is 12.6. The van der Waals surface area contributed by atoms with Gasteiger partial charge in [0.15, 0.2) is 0 Å². The molecule has 0 aliphatic carbocycles. The molecule has 0 saturated heterocycles. The lowest BCUT2D eigenvalue weighted by Gasteiger charge is -2.16. The summed E-state index contributed by atoms with van der Waals surface area (Å²) < 4.78 is 7.12. The summed E-state index contributed by atoms with van der Waals surface area (Å²) in [5, 5.41) is 3.48. The van der Waals surface area contributed by atoms with Crippen LogP contribution in [0.3, 0.4) is 0 Å². The lowest BCUT2D eigenvalue weighted by Crippen LogP contribution is -2.21. The maximum absolute atomic E-state index is 5.88. The molecule has 0 amide bonds. The molecule has 2 rings (SSSR count). The van der Waals surface area contributed by atoms with E-state index in [0.717, 1.165) is 24.5 Å². The lowest BCUT2D eigenvalue weighted by molar-refractivity contribution is 0.426. The van der Waals surface area contributed by atoms with E-state index in [2.05, 4.69) is 78.2 Å². The molecule has 0 aliphatic heterocycles. The van der Waals surface area contributed by atoms with Gasteiger partial charge in [0.1, 0.15) is 11.5 Å². The van der Waals surface area contributed by atoms with E-state index in [4.69, 9.17) is 4.42 Å². The number of hydrogen-bond acceptors (Lipinski definition) is 2. The molecule has 1 N–H and O–H groups in total. The van der Waals surface area contributed by atoms with Crippen molar-refractivity contribution in [2.24, 2.45) is 0 Å². The van der Waals surface area contributed by atoms with Crippen molar-refractivity contribution in [3.05, 3.63) is 57.1 Å². The highest BCUT2D eigenvalue weighted by Gasteiger charge is 2.16. The molecule has 0 saturated carbocycles. The molecule has 96 valence electrons. The van der Waals surface area contributed by atoms with E-state index in [1.54, 1.807) is 0 Å². The minimum atomic E-state index is 0.144. The molecule has 1 aromatic heterocycles. The molecule has 0 bridgehead atoms. The molecule has 3 heteroatoms. The van der Waals surface area contributed by atoms with Crippen LogP contribution in [-0.4, -0.2) is 6.54 Å². The van der Waals surface area contributed by atoms with Crippen molar-refractivity contribution in [3.8, 4) is 0 Å². The summed E-state index contributed by atoms with van der Waals surface area (Å²) in [7, 11) is 0. The van der Waals surface area contributed by atoms with Gasteiger partial charge in [-0.05, 0) is 59.0 Å². The SMILES string of the molecule is CCNC(c1cccc(I)c1)c1ccc(CC)o1. The van der Waals surface area contributed by atoms with Crippen LogP contribution in [0, 0.1) is 3.57 Å². The summed E-state index contributed by atoms with van der Waals surface area (Å²) in [5.41, 5.74) is 1.25. The van der Waals surface area contributed by atoms with Crippen molar-refractivity contribution < 1.29 is 4.42 Å². The van der Waals surface area contributed by atoms with Gasteiger partial charge < -0.3 is 9.73 Å². The van der Waals surface area contributed by atoms with Gasteiger partial charge in [-0.15, -0.1) is 0 Å². The lowest BCUT2D eigenvalue weighted by atomic mass is 10.0. The van der Waals surface area contributed by atoms with E-state index in [1.165, 1.54) is 9.13 Å². The van der Waals surface area contributed by atoms with Crippen LogP contribution < -0.4 is 5.32 Å². The Labute approximate surface area is 122 Å². The van der Waals surface area contributed by atoms with Crippen LogP contribution in [0.1, 0.15) is 37.0 Å². The molecular weight excluding hydrogens is 337 g/mol. The Kier molecular flexibility index (Phi) is 4.83. The summed E-state index contributed by atoms with van der Waals surface area (Å²) in [6.07, 6.45) is 0.936. The average Bonchev–Trinajstić information content (AvgIpc) is 2.84. The van der Waals surface area contributed by atoms with Crippen molar-refractivity contribution in [2.75, 3.05) is 6.54 Å². The predicted octanol–water partition coefficient (Wildman–Crippen LogP) is 4.15. The van der Waals surface area contributed by atoms with Gasteiger partial charge in [0.25, 0.3) is 0 Å². The first-order valence-corrected chi connectivity index (χ1v) is 7.40. The van der Waals surface area contributed by atoms with E-state index in [-0.39, 0.29) is 6.04 Å². The van der Waals surface area contributed by atoms with Gasteiger partial charge in [-0.25, -0.2) is 0 Å². The van der Waals surface area contributed by atoms with Gasteiger partial charge in [-0.1, -0.05) is 26.0 Å². The van der Waals surface area contributed by atoms with E-state index in [9.17, 15) is 0 Å². The number of aryl methyl sites for hydroxylation is 1. The average molecular weight is 355 g/mol. The first-order valence-electron chi connectivity index (χ1n) is 6.32. The van der Waals surface area contributed by atoms with Crippen LogP contribution in [0.4, 0.5) is 0 Å². The van der Waals surface area contributed by atoms with Crippen LogP contribution >= 0.6 is 22.6 Å².